The van der Waals surface area contributed by atoms with Crippen LogP contribution >= 0.6 is 0 Å². The van der Waals surface area contributed by atoms with Crippen LogP contribution in [0.1, 0.15) is 21.7 Å². The van der Waals surface area contributed by atoms with Gasteiger partial charge in [-0.2, -0.15) is 5.26 Å². The number of hydrogen-bond donors (Lipinski definition) is 1. The summed E-state index contributed by atoms with van der Waals surface area (Å²) >= 11 is 0. The van der Waals surface area contributed by atoms with Crippen molar-refractivity contribution in [3.05, 3.63) is 59.4 Å². The number of anilines is 1. The summed E-state index contributed by atoms with van der Waals surface area (Å²) in [5.74, 6) is 0.716. The Morgan fingerprint density at radius 3 is 2.64 bits per heavy atom. The van der Waals surface area contributed by atoms with Crippen molar-refractivity contribution < 1.29 is 4.79 Å². The normalized spacial score (nSPS) is 10.4. The van der Waals surface area contributed by atoms with Crippen LogP contribution in [0.4, 0.5) is 5.69 Å². The van der Waals surface area contributed by atoms with E-state index in [0.717, 1.165) is 22.5 Å². The Balaban J connectivity index is 1.91. The predicted molar refractivity (Wildman–Crippen MR) is 84.7 cm³/mol. The highest BCUT2D eigenvalue weighted by Gasteiger charge is 2.14. The van der Waals surface area contributed by atoms with Gasteiger partial charge in [-0.25, -0.2) is 4.98 Å². The minimum absolute atomic E-state index is 0.125. The van der Waals surface area contributed by atoms with Crippen molar-refractivity contribution in [2.24, 2.45) is 0 Å². The van der Waals surface area contributed by atoms with E-state index in [9.17, 15) is 4.79 Å². The fourth-order valence-electron chi connectivity index (χ4n) is 2.33. The van der Waals surface area contributed by atoms with Crippen molar-refractivity contribution in [2.75, 3.05) is 11.9 Å². The van der Waals surface area contributed by atoms with Crippen LogP contribution in [0.15, 0.2) is 42.5 Å². The Morgan fingerprint density at radius 1 is 1.23 bits per heavy atom. The zero-order chi connectivity index (χ0) is 15.7. The third-order valence-corrected chi connectivity index (χ3v) is 3.54. The quantitative estimate of drug-likeness (QED) is 0.788. The lowest BCUT2D eigenvalue weighted by atomic mass is 10.1. The van der Waals surface area contributed by atoms with Crippen molar-refractivity contribution in [1.29, 1.82) is 5.26 Å². The minimum atomic E-state index is -0.125. The van der Waals surface area contributed by atoms with E-state index in [1.54, 1.807) is 36.2 Å². The van der Waals surface area contributed by atoms with E-state index in [1.165, 1.54) is 0 Å². The number of nitrogens with zero attached hydrogens (tertiary/aromatic N) is 3. The van der Waals surface area contributed by atoms with Crippen molar-refractivity contribution in [3.63, 3.8) is 0 Å². The molecule has 1 aromatic heterocycles. The molecule has 3 rings (SSSR count). The van der Waals surface area contributed by atoms with Gasteiger partial charge in [0.15, 0.2) is 0 Å². The first kappa shape index (κ1) is 13.8. The lowest BCUT2D eigenvalue weighted by Gasteiger charge is -2.17. The van der Waals surface area contributed by atoms with Gasteiger partial charge in [0, 0.05) is 18.3 Å². The Morgan fingerprint density at radius 2 is 1.95 bits per heavy atom. The zero-order valence-corrected chi connectivity index (χ0v) is 12.3. The summed E-state index contributed by atoms with van der Waals surface area (Å²) in [6.45, 7) is 1.89. The minimum Gasteiger partial charge on any atom is -0.342 e. The summed E-state index contributed by atoms with van der Waals surface area (Å²) in [5, 5.41) is 8.80. The second-order valence-corrected chi connectivity index (χ2v) is 5.08. The highest BCUT2D eigenvalue weighted by Crippen LogP contribution is 2.21. The molecule has 0 radical (unpaired) electrons. The third-order valence-electron chi connectivity index (χ3n) is 3.54. The second-order valence-electron chi connectivity index (χ2n) is 5.08. The van der Waals surface area contributed by atoms with Gasteiger partial charge < -0.3 is 9.88 Å². The first-order valence-corrected chi connectivity index (χ1v) is 6.83. The summed E-state index contributed by atoms with van der Waals surface area (Å²) in [6, 6.07) is 14.3. The molecule has 22 heavy (non-hydrogen) atoms. The molecule has 5 heteroatoms. The molecule has 0 aliphatic heterocycles. The van der Waals surface area contributed by atoms with E-state index in [2.05, 4.69) is 9.97 Å². The van der Waals surface area contributed by atoms with Gasteiger partial charge in [-0.05, 0) is 49.4 Å². The van der Waals surface area contributed by atoms with Crippen molar-refractivity contribution >= 4 is 22.6 Å². The fourth-order valence-corrected chi connectivity index (χ4v) is 2.33. The van der Waals surface area contributed by atoms with E-state index in [-0.39, 0.29) is 5.91 Å². The lowest BCUT2D eigenvalue weighted by Crippen LogP contribution is -2.26. The number of hydrogen-bond acceptors (Lipinski definition) is 3. The summed E-state index contributed by atoms with van der Waals surface area (Å²) in [7, 11) is 1.73. The molecule has 0 aliphatic rings. The maximum absolute atomic E-state index is 12.5. The molecule has 2 aromatic carbocycles. The largest absolute Gasteiger partial charge is 0.342 e. The first-order valence-electron chi connectivity index (χ1n) is 6.83. The molecule has 0 unspecified atom stereocenters. The number of rotatable bonds is 2. The second kappa shape index (κ2) is 5.34. The Bertz CT molecular complexity index is 887. The van der Waals surface area contributed by atoms with Crippen molar-refractivity contribution in [2.45, 2.75) is 6.92 Å². The molecule has 0 bridgehead atoms. The molecular formula is C17H14N4O. The van der Waals surface area contributed by atoms with Crippen LogP contribution in [-0.2, 0) is 0 Å². The molecule has 1 amide bonds. The summed E-state index contributed by atoms with van der Waals surface area (Å²) < 4.78 is 0. The number of amides is 1. The van der Waals surface area contributed by atoms with E-state index in [0.29, 0.717) is 11.1 Å². The molecule has 0 saturated carbocycles. The summed E-state index contributed by atoms with van der Waals surface area (Å²) in [4.78, 5) is 21.6. The maximum Gasteiger partial charge on any atom is 0.258 e. The van der Waals surface area contributed by atoms with Gasteiger partial charge in [0.25, 0.3) is 5.91 Å². The Labute approximate surface area is 127 Å². The number of H-pyrrole nitrogens is 1. The molecule has 0 aliphatic carbocycles. The van der Waals surface area contributed by atoms with E-state index < -0.39 is 0 Å². The number of imidazole rings is 1. The zero-order valence-electron chi connectivity index (χ0n) is 12.3. The third kappa shape index (κ3) is 2.42. The van der Waals surface area contributed by atoms with Gasteiger partial charge in [-0.15, -0.1) is 0 Å². The highest BCUT2D eigenvalue weighted by atomic mass is 16.2. The number of aromatic nitrogens is 2. The molecule has 0 fully saturated rings. The number of aromatic amines is 1. The Hall–Kier alpha value is -3.13. The number of benzene rings is 2. The van der Waals surface area contributed by atoms with Gasteiger partial charge in [0.05, 0.1) is 22.7 Å². The lowest BCUT2D eigenvalue weighted by molar-refractivity contribution is 0.0993. The van der Waals surface area contributed by atoms with Crippen LogP contribution in [0.2, 0.25) is 0 Å². The van der Waals surface area contributed by atoms with Gasteiger partial charge in [-0.1, -0.05) is 0 Å². The molecule has 0 atom stereocenters. The van der Waals surface area contributed by atoms with Crippen LogP contribution in [0.5, 0.6) is 0 Å². The smallest absolute Gasteiger partial charge is 0.258 e. The maximum atomic E-state index is 12.5. The molecule has 3 aromatic rings. The van der Waals surface area contributed by atoms with Crippen LogP contribution in [0, 0.1) is 18.3 Å². The van der Waals surface area contributed by atoms with E-state index >= 15 is 0 Å². The highest BCUT2D eigenvalue weighted by molar-refractivity contribution is 6.06. The molecular weight excluding hydrogens is 276 g/mol. The number of aryl methyl sites for hydroxylation is 1. The number of carbonyl (C=O) groups is 1. The molecule has 0 saturated heterocycles. The Kier molecular flexibility index (Phi) is 3.36. The molecule has 108 valence electrons. The van der Waals surface area contributed by atoms with E-state index in [1.807, 2.05) is 31.2 Å². The molecule has 5 nitrogen and oxygen atoms in total. The SMILES string of the molecule is Cc1nc2ccc(N(C)C(=O)c3ccc(C#N)cc3)cc2[nH]1. The van der Waals surface area contributed by atoms with Gasteiger partial charge in [-0.3, -0.25) is 4.79 Å². The predicted octanol–water partition coefficient (Wildman–Crippen LogP) is 3.02. The van der Waals surface area contributed by atoms with Gasteiger partial charge >= 0.3 is 0 Å². The van der Waals surface area contributed by atoms with Crippen molar-refractivity contribution in [3.8, 4) is 6.07 Å². The molecule has 1 heterocycles. The van der Waals surface area contributed by atoms with Crippen LogP contribution in [-0.4, -0.2) is 22.9 Å². The standard InChI is InChI=1S/C17H14N4O/c1-11-19-15-8-7-14(9-16(15)20-11)21(2)17(22)13-5-3-12(10-18)4-6-13/h3-9H,1-2H3,(H,19,20). The first-order chi connectivity index (χ1) is 10.6. The van der Waals surface area contributed by atoms with Gasteiger partial charge in [0.2, 0.25) is 0 Å². The van der Waals surface area contributed by atoms with Crippen LogP contribution in [0.3, 0.4) is 0 Å². The number of nitrogens with one attached hydrogen (secondary N) is 1. The average molecular weight is 290 g/mol. The molecule has 1 N–H and O–H groups in total. The van der Waals surface area contributed by atoms with Crippen LogP contribution in [0.25, 0.3) is 11.0 Å². The fraction of sp³-hybridized carbons (Fsp3) is 0.118. The monoisotopic (exact) mass is 290 g/mol. The number of nitriles is 1. The van der Waals surface area contributed by atoms with E-state index in [4.69, 9.17) is 5.26 Å². The summed E-state index contributed by atoms with van der Waals surface area (Å²) in [6.07, 6.45) is 0. The number of carbonyl (C=O) groups excluding carboxylic acids is 1. The number of fused-ring (bicyclic) bond motifs is 1. The van der Waals surface area contributed by atoms with Crippen LogP contribution < -0.4 is 4.90 Å². The average Bonchev–Trinajstić information content (AvgIpc) is 2.92. The van der Waals surface area contributed by atoms with Gasteiger partial charge in [0.1, 0.15) is 5.82 Å². The topological polar surface area (TPSA) is 72.8 Å². The molecule has 0 spiro atoms. The van der Waals surface area contributed by atoms with Crippen molar-refractivity contribution in [1.82, 2.24) is 9.97 Å². The summed E-state index contributed by atoms with van der Waals surface area (Å²) in [5.41, 5.74) is 3.64.